The second kappa shape index (κ2) is 6.15. The van der Waals surface area contributed by atoms with E-state index >= 15 is 0 Å². The Hall–Kier alpha value is -2.06. The molecular formula is C13H15N5O2S. The van der Waals surface area contributed by atoms with Crippen LogP contribution < -0.4 is 4.90 Å². The molecule has 1 fully saturated rings. The van der Waals surface area contributed by atoms with Crippen LogP contribution in [0.5, 0.6) is 0 Å². The van der Waals surface area contributed by atoms with Crippen LogP contribution in [-0.4, -0.2) is 57.1 Å². The first-order valence-corrected chi connectivity index (χ1v) is 7.52. The highest BCUT2D eigenvalue weighted by Crippen LogP contribution is 2.14. The zero-order valence-electron chi connectivity index (χ0n) is 11.3. The standard InChI is InChI=1S/C13H15N5O2S/c19-12(20)11-16-10(9-21-11)8-17-4-6-18(7-5-17)13-14-2-1-3-15-13/h1-3,9H,4-8H2,(H,19,20). The fourth-order valence-corrected chi connectivity index (χ4v) is 2.91. The van der Waals surface area contributed by atoms with Crippen LogP contribution in [0, 0.1) is 0 Å². The zero-order chi connectivity index (χ0) is 14.7. The van der Waals surface area contributed by atoms with Crippen molar-refractivity contribution in [3.05, 3.63) is 34.5 Å². The molecule has 3 rings (SSSR count). The average molecular weight is 305 g/mol. The van der Waals surface area contributed by atoms with Gasteiger partial charge in [-0.15, -0.1) is 11.3 Å². The third-order valence-electron chi connectivity index (χ3n) is 3.33. The number of anilines is 1. The highest BCUT2D eigenvalue weighted by atomic mass is 32.1. The van der Waals surface area contributed by atoms with Crippen molar-refractivity contribution in [2.45, 2.75) is 6.54 Å². The minimum Gasteiger partial charge on any atom is -0.476 e. The number of aromatic nitrogens is 3. The molecule has 3 heterocycles. The van der Waals surface area contributed by atoms with E-state index in [1.54, 1.807) is 12.4 Å². The number of carbonyl (C=O) groups is 1. The molecule has 1 aliphatic rings. The monoisotopic (exact) mass is 305 g/mol. The molecule has 0 amide bonds. The van der Waals surface area contributed by atoms with E-state index < -0.39 is 5.97 Å². The van der Waals surface area contributed by atoms with Gasteiger partial charge < -0.3 is 10.0 Å². The van der Waals surface area contributed by atoms with Crippen molar-refractivity contribution in [1.82, 2.24) is 19.9 Å². The first kappa shape index (κ1) is 13.9. The molecule has 0 saturated carbocycles. The van der Waals surface area contributed by atoms with Gasteiger partial charge in [-0.3, -0.25) is 4.90 Å². The van der Waals surface area contributed by atoms with Gasteiger partial charge >= 0.3 is 5.97 Å². The van der Waals surface area contributed by atoms with E-state index in [-0.39, 0.29) is 5.01 Å². The Morgan fingerprint density at radius 2 is 1.95 bits per heavy atom. The predicted octanol–water partition coefficient (Wildman–Crippen LogP) is 0.953. The number of carboxylic acids is 1. The number of aromatic carboxylic acids is 1. The summed E-state index contributed by atoms with van der Waals surface area (Å²) in [4.78, 5) is 27.9. The van der Waals surface area contributed by atoms with E-state index in [0.717, 1.165) is 37.8 Å². The van der Waals surface area contributed by atoms with Gasteiger partial charge in [0.25, 0.3) is 0 Å². The van der Waals surface area contributed by atoms with Crippen LogP contribution in [0.15, 0.2) is 23.8 Å². The van der Waals surface area contributed by atoms with Crippen molar-refractivity contribution in [3.8, 4) is 0 Å². The molecule has 2 aromatic heterocycles. The number of hydrogen-bond donors (Lipinski definition) is 1. The van der Waals surface area contributed by atoms with E-state index in [4.69, 9.17) is 5.11 Å². The van der Waals surface area contributed by atoms with Crippen molar-refractivity contribution in [1.29, 1.82) is 0 Å². The van der Waals surface area contributed by atoms with Crippen LogP contribution in [0.25, 0.3) is 0 Å². The maximum atomic E-state index is 10.8. The van der Waals surface area contributed by atoms with Gasteiger partial charge in [0.2, 0.25) is 11.0 Å². The minimum atomic E-state index is -0.961. The molecule has 0 unspecified atom stereocenters. The summed E-state index contributed by atoms with van der Waals surface area (Å²) in [6, 6.07) is 1.81. The maximum absolute atomic E-state index is 10.8. The first-order chi connectivity index (χ1) is 10.2. The molecule has 0 spiro atoms. The molecule has 2 aromatic rings. The molecule has 7 nitrogen and oxygen atoms in total. The van der Waals surface area contributed by atoms with E-state index in [1.807, 2.05) is 11.4 Å². The van der Waals surface area contributed by atoms with Crippen LogP contribution in [0.1, 0.15) is 15.5 Å². The van der Waals surface area contributed by atoms with Gasteiger partial charge in [-0.1, -0.05) is 0 Å². The number of carboxylic acid groups (broad SMARTS) is 1. The lowest BCUT2D eigenvalue weighted by Gasteiger charge is -2.34. The number of hydrogen-bond acceptors (Lipinski definition) is 7. The van der Waals surface area contributed by atoms with E-state index in [2.05, 4.69) is 24.8 Å². The van der Waals surface area contributed by atoms with Crippen molar-refractivity contribution in [2.24, 2.45) is 0 Å². The molecule has 0 aliphatic carbocycles. The van der Waals surface area contributed by atoms with Gasteiger partial charge in [-0.2, -0.15) is 0 Å². The topological polar surface area (TPSA) is 82.5 Å². The molecule has 0 atom stereocenters. The molecule has 21 heavy (non-hydrogen) atoms. The normalized spacial score (nSPS) is 16.1. The Balaban J connectivity index is 1.55. The van der Waals surface area contributed by atoms with Crippen molar-refractivity contribution in [2.75, 3.05) is 31.1 Å². The van der Waals surface area contributed by atoms with Crippen LogP contribution in [0.2, 0.25) is 0 Å². The smallest absolute Gasteiger partial charge is 0.365 e. The Kier molecular flexibility index (Phi) is 4.07. The largest absolute Gasteiger partial charge is 0.476 e. The Morgan fingerprint density at radius 1 is 1.24 bits per heavy atom. The highest BCUT2D eigenvalue weighted by Gasteiger charge is 2.20. The number of rotatable bonds is 4. The second-order valence-corrected chi connectivity index (χ2v) is 5.62. The third-order valence-corrected chi connectivity index (χ3v) is 4.21. The summed E-state index contributed by atoms with van der Waals surface area (Å²) in [6.07, 6.45) is 3.49. The summed E-state index contributed by atoms with van der Waals surface area (Å²) in [5.74, 6) is -0.198. The van der Waals surface area contributed by atoms with Gasteiger partial charge in [0.1, 0.15) is 0 Å². The first-order valence-electron chi connectivity index (χ1n) is 6.64. The summed E-state index contributed by atoms with van der Waals surface area (Å²) in [5.41, 5.74) is 0.821. The molecule has 1 saturated heterocycles. The van der Waals surface area contributed by atoms with Gasteiger partial charge in [-0.25, -0.2) is 19.7 Å². The third kappa shape index (κ3) is 3.34. The summed E-state index contributed by atoms with van der Waals surface area (Å²) in [6.45, 7) is 4.18. The number of thiazole rings is 1. The molecular weight excluding hydrogens is 290 g/mol. The summed E-state index contributed by atoms with van der Waals surface area (Å²) in [7, 11) is 0. The second-order valence-electron chi connectivity index (χ2n) is 4.76. The lowest BCUT2D eigenvalue weighted by Crippen LogP contribution is -2.46. The van der Waals surface area contributed by atoms with Gasteiger partial charge in [0, 0.05) is 50.5 Å². The molecule has 110 valence electrons. The van der Waals surface area contributed by atoms with Gasteiger partial charge in [-0.05, 0) is 6.07 Å². The van der Waals surface area contributed by atoms with Crippen molar-refractivity contribution in [3.63, 3.8) is 0 Å². The maximum Gasteiger partial charge on any atom is 0.365 e. The highest BCUT2D eigenvalue weighted by molar-refractivity contribution is 7.11. The molecule has 0 bridgehead atoms. The minimum absolute atomic E-state index is 0.154. The van der Waals surface area contributed by atoms with Gasteiger partial charge in [0.15, 0.2) is 0 Å². The van der Waals surface area contributed by atoms with Crippen LogP contribution >= 0.6 is 11.3 Å². The number of piperazine rings is 1. The molecule has 1 N–H and O–H groups in total. The Morgan fingerprint density at radius 3 is 2.57 bits per heavy atom. The SMILES string of the molecule is O=C(O)c1nc(CN2CCN(c3ncccn3)CC2)cs1. The molecule has 0 radical (unpaired) electrons. The fraction of sp³-hybridized carbons (Fsp3) is 0.385. The van der Waals surface area contributed by atoms with E-state index in [9.17, 15) is 4.79 Å². The van der Waals surface area contributed by atoms with Crippen LogP contribution in [-0.2, 0) is 6.54 Å². The number of nitrogens with zero attached hydrogens (tertiary/aromatic N) is 5. The van der Waals surface area contributed by atoms with Crippen molar-refractivity contribution >= 4 is 23.3 Å². The Bertz CT molecular complexity index is 610. The lowest BCUT2D eigenvalue weighted by molar-refractivity contribution is 0.0696. The van der Waals surface area contributed by atoms with Crippen LogP contribution in [0.3, 0.4) is 0 Å². The molecule has 8 heteroatoms. The van der Waals surface area contributed by atoms with Crippen LogP contribution in [0.4, 0.5) is 5.95 Å². The lowest BCUT2D eigenvalue weighted by atomic mass is 10.3. The Labute approximate surface area is 125 Å². The van der Waals surface area contributed by atoms with Crippen molar-refractivity contribution < 1.29 is 9.90 Å². The fourth-order valence-electron chi connectivity index (χ4n) is 2.27. The average Bonchev–Trinajstić information content (AvgIpc) is 2.98. The zero-order valence-corrected chi connectivity index (χ0v) is 12.2. The predicted molar refractivity (Wildman–Crippen MR) is 78.6 cm³/mol. The van der Waals surface area contributed by atoms with Gasteiger partial charge in [0.05, 0.1) is 5.69 Å². The summed E-state index contributed by atoms with van der Waals surface area (Å²) in [5, 5.41) is 10.8. The summed E-state index contributed by atoms with van der Waals surface area (Å²) < 4.78 is 0. The van der Waals surface area contributed by atoms with E-state index in [1.165, 1.54) is 11.3 Å². The molecule has 0 aromatic carbocycles. The summed E-state index contributed by atoms with van der Waals surface area (Å²) >= 11 is 1.18. The quantitative estimate of drug-likeness (QED) is 0.900. The van der Waals surface area contributed by atoms with E-state index in [0.29, 0.717) is 6.54 Å². The molecule has 1 aliphatic heterocycles.